The first-order valence-corrected chi connectivity index (χ1v) is 21.9. The highest BCUT2D eigenvalue weighted by Gasteiger charge is 2.78. The van der Waals surface area contributed by atoms with Crippen molar-refractivity contribution < 1.29 is 72.5 Å². The highest BCUT2D eigenvalue weighted by atomic mass is 16.6. The number of amides is 1. The minimum absolute atomic E-state index is 0.0381. The van der Waals surface area contributed by atoms with Gasteiger partial charge in [-0.05, 0) is 55.3 Å². The van der Waals surface area contributed by atoms with Crippen molar-refractivity contribution in [2.45, 2.75) is 101 Å². The number of esters is 4. The molecule has 7 rings (SSSR count). The van der Waals surface area contributed by atoms with Gasteiger partial charge in [0.05, 0.1) is 35.6 Å². The van der Waals surface area contributed by atoms with Crippen LogP contribution < -0.4 is 10.1 Å². The van der Waals surface area contributed by atoms with E-state index in [9.17, 15) is 39.3 Å². The molecule has 11 atom stereocenters. The fraction of sp³-hybridized carbons (Fsp3) is 0.412. The smallest absolute Gasteiger partial charge is 0.338 e. The van der Waals surface area contributed by atoms with E-state index in [1.807, 2.05) is 0 Å². The van der Waals surface area contributed by atoms with Crippen LogP contribution in [0.2, 0.25) is 0 Å². The molecule has 67 heavy (non-hydrogen) atoms. The Hall–Kier alpha value is -6.46. The molecule has 354 valence electrons. The Bertz CT molecular complexity index is 2490. The van der Waals surface area contributed by atoms with Crippen LogP contribution in [-0.2, 0) is 42.9 Å². The van der Waals surface area contributed by atoms with Gasteiger partial charge in [0, 0.05) is 42.4 Å². The lowest BCUT2D eigenvalue weighted by Crippen LogP contribution is -2.82. The third-order valence-corrected chi connectivity index (χ3v) is 14.1. The average molecular weight is 922 g/mol. The standard InChI is InChI=1S/C51H55NO15/c1-8-24-62-33-23-17-16-22-32(33)39(52-45(58)30-18-12-10-13-19-30)40(56)47(60)65-34-26-51(61)44(66-46(59)31-20-14-11-15-21-31)42-49(7,35(54)25-36-50(42,27-63-36)67-37(55)9-2)43(57)41(64-29(4)53)38(28(34)3)48(51,5)6/h8-23,34-36,39-42,44,54,56,61H,1-2,24-27H2,3-7H3,(H,52,58)/t34-,35-,36+,39-,40+,41+,42-,44-,49+,50-,51+/m0/s1. The van der Waals surface area contributed by atoms with E-state index in [1.54, 1.807) is 86.6 Å². The van der Waals surface area contributed by atoms with Gasteiger partial charge in [-0.2, -0.15) is 0 Å². The van der Waals surface area contributed by atoms with E-state index < -0.39 is 113 Å². The maximum Gasteiger partial charge on any atom is 0.338 e. The Morgan fingerprint density at radius 1 is 0.910 bits per heavy atom. The number of rotatable bonds is 14. The summed E-state index contributed by atoms with van der Waals surface area (Å²) in [5.41, 5.74) is -7.60. The fourth-order valence-corrected chi connectivity index (χ4v) is 10.5. The summed E-state index contributed by atoms with van der Waals surface area (Å²) >= 11 is 0. The fourth-order valence-electron chi connectivity index (χ4n) is 10.5. The maximum atomic E-state index is 15.6. The van der Waals surface area contributed by atoms with Crippen molar-refractivity contribution in [3.63, 3.8) is 0 Å². The van der Waals surface area contributed by atoms with Gasteiger partial charge >= 0.3 is 23.9 Å². The number of aliphatic hydroxyl groups excluding tert-OH is 2. The Balaban J connectivity index is 1.40. The van der Waals surface area contributed by atoms with Crippen LogP contribution in [0.15, 0.2) is 121 Å². The number of hydrogen-bond acceptors (Lipinski definition) is 15. The molecule has 4 aliphatic rings. The topological polar surface area (TPSA) is 231 Å². The first kappa shape index (κ1) is 48.5. The number of aliphatic hydroxyl groups is 3. The van der Waals surface area contributed by atoms with Crippen LogP contribution in [0.4, 0.5) is 0 Å². The number of para-hydroxylation sites is 1. The van der Waals surface area contributed by atoms with Crippen LogP contribution >= 0.6 is 0 Å². The number of carbonyl (C=O) groups excluding carboxylic acids is 6. The SMILES string of the molecule is C=CCOc1ccccc1[C@H](NC(=O)c1ccccc1)[C@@H](O)C(=O)O[C@H]1C[C@@]2(O)[C@@H](OC(=O)c3ccccc3)[C@@H]3[C@]4(OC(=O)C=C)CO[C@@H]4C[C@H](O)[C@@]3(C)C(=O)[C@H](OC(C)=O)C(=C1C)C2(C)C. The van der Waals surface area contributed by atoms with Crippen LogP contribution in [0.1, 0.15) is 79.8 Å². The monoisotopic (exact) mass is 921 g/mol. The summed E-state index contributed by atoms with van der Waals surface area (Å²) in [6, 6.07) is 20.8. The third kappa shape index (κ3) is 8.36. The number of carbonyl (C=O) groups is 6. The maximum absolute atomic E-state index is 15.6. The highest BCUT2D eigenvalue weighted by molar-refractivity contribution is 5.96. The molecular weight excluding hydrogens is 867 g/mol. The van der Waals surface area contributed by atoms with Crippen molar-refractivity contribution in [1.82, 2.24) is 5.32 Å². The zero-order chi connectivity index (χ0) is 48.6. The number of fused-ring (bicyclic) bond motifs is 5. The van der Waals surface area contributed by atoms with Crippen molar-refractivity contribution in [2.24, 2.45) is 16.7 Å². The molecule has 1 saturated heterocycles. The Morgan fingerprint density at radius 3 is 2.13 bits per heavy atom. The van der Waals surface area contributed by atoms with Crippen LogP contribution in [0.5, 0.6) is 5.75 Å². The van der Waals surface area contributed by atoms with Crippen LogP contribution in [-0.4, -0.2) is 112 Å². The molecule has 3 aliphatic carbocycles. The Kier molecular flexibility index (Phi) is 13.5. The highest BCUT2D eigenvalue weighted by Crippen LogP contribution is 2.64. The van der Waals surface area contributed by atoms with Crippen molar-refractivity contribution in [1.29, 1.82) is 0 Å². The molecule has 2 bridgehead atoms. The van der Waals surface area contributed by atoms with E-state index in [2.05, 4.69) is 18.5 Å². The molecule has 0 spiro atoms. The predicted molar refractivity (Wildman–Crippen MR) is 238 cm³/mol. The summed E-state index contributed by atoms with van der Waals surface area (Å²) in [5, 5.41) is 40.8. The van der Waals surface area contributed by atoms with Gasteiger partial charge in [-0.1, -0.05) is 87.7 Å². The van der Waals surface area contributed by atoms with E-state index in [0.29, 0.717) is 0 Å². The first-order valence-electron chi connectivity index (χ1n) is 21.9. The largest absolute Gasteiger partial charge is 0.489 e. The van der Waals surface area contributed by atoms with E-state index in [-0.39, 0.29) is 53.2 Å². The number of Topliss-reactive ketones (excluding diaryl/α,β-unsaturated/α-hetero) is 1. The molecule has 0 aromatic heterocycles. The molecule has 0 radical (unpaired) electrons. The van der Waals surface area contributed by atoms with E-state index in [4.69, 9.17) is 28.4 Å². The summed E-state index contributed by atoms with van der Waals surface area (Å²) in [5.74, 6) is -7.09. The van der Waals surface area contributed by atoms with Gasteiger partial charge in [-0.15, -0.1) is 0 Å². The normalized spacial score (nSPS) is 30.2. The van der Waals surface area contributed by atoms with Gasteiger partial charge in [-0.3, -0.25) is 14.4 Å². The molecule has 1 amide bonds. The summed E-state index contributed by atoms with van der Waals surface area (Å²) in [7, 11) is 0. The number of ketones is 1. The van der Waals surface area contributed by atoms with Gasteiger partial charge in [0.1, 0.15) is 36.3 Å². The number of ether oxygens (including phenoxy) is 6. The minimum Gasteiger partial charge on any atom is -0.489 e. The predicted octanol–water partition coefficient (Wildman–Crippen LogP) is 4.47. The van der Waals surface area contributed by atoms with Crippen LogP contribution in [0, 0.1) is 16.7 Å². The van der Waals surface area contributed by atoms with Crippen molar-refractivity contribution >= 4 is 35.6 Å². The van der Waals surface area contributed by atoms with E-state index in [1.165, 1.54) is 32.1 Å². The second kappa shape index (κ2) is 18.7. The first-order chi connectivity index (χ1) is 31.8. The second-order valence-corrected chi connectivity index (χ2v) is 18.1. The quantitative estimate of drug-likeness (QED) is 0.0757. The summed E-state index contributed by atoms with van der Waals surface area (Å²) < 4.78 is 36.3. The Labute approximate surface area is 387 Å². The lowest BCUT2D eigenvalue weighted by atomic mass is 9.44. The zero-order valence-electron chi connectivity index (χ0n) is 37.8. The summed E-state index contributed by atoms with van der Waals surface area (Å²) in [4.78, 5) is 84.7. The van der Waals surface area contributed by atoms with Crippen molar-refractivity contribution in [3.05, 3.63) is 138 Å². The minimum atomic E-state index is -2.45. The molecule has 2 saturated carbocycles. The van der Waals surface area contributed by atoms with Gasteiger partial charge in [0.25, 0.3) is 5.91 Å². The lowest BCUT2D eigenvalue weighted by Gasteiger charge is -2.67. The third-order valence-electron chi connectivity index (χ3n) is 14.1. The molecule has 16 nitrogen and oxygen atoms in total. The molecule has 1 aliphatic heterocycles. The van der Waals surface area contributed by atoms with Gasteiger partial charge in [0.15, 0.2) is 23.6 Å². The molecule has 4 N–H and O–H groups in total. The van der Waals surface area contributed by atoms with Crippen LogP contribution in [0.25, 0.3) is 0 Å². The summed E-state index contributed by atoms with van der Waals surface area (Å²) in [6.45, 7) is 13.9. The molecule has 1 heterocycles. The van der Waals surface area contributed by atoms with Gasteiger partial charge < -0.3 is 49.1 Å². The van der Waals surface area contributed by atoms with Crippen molar-refractivity contribution in [3.8, 4) is 5.75 Å². The zero-order valence-corrected chi connectivity index (χ0v) is 37.8. The lowest BCUT2D eigenvalue weighted by molar-refractivity contribution is -0.345. The summed E-state index contributed by atoms with van der Waals surface area (Å²) in [6.07, 6.45) is -8.63. The molecular formula is C51H55NO15. The van der Waals surface area contributed by atoms with Crippen molar-refractivity contribution in [2.75, 3.05) is 13.2 Å². The van der Waals surface area contributed by atoms with Gasteiger partial charge in [-0.25, -0.2) is 14.4 Å². The molecule has 16 heteroatoms. The average Bonchev–Trinajstić information content (AvgIpc) is 3.31. The molecule has 0 unspecified atom stereocenters. The molecule has 3 aromatic rings. The number of hydrogen-bond donors (Lipinski definition) is 4. The Morgan fingerprint density at radius 2 is 1.54 bits per heavy atom. The number of benzene rings is 3. The van der Waals surface area contributed by atoms with Crippen LogP contribution in [0.3, 0.4) is 0 Å². The van der Waals surface area contributed by atoms with E-state index in [0.717, 1.165) is 13.0 Å². The molecule has 3 fully saturated rings. The van der Waals surface area contributed by atoms with E-state index >= 15 is 4.79 Å². The molecule has 3 aromatic carbocycles. The second-order valence-electron chi connectivity index (χ2n) is 18.1. The number of nitrogens with one attached hydrogen (secondary N) is 1. The van der Waals surface area contributed by atoms with Gasteiger partial charge in [0.2, 0.25) is 0 Å².